The van der Waals surface area contributed by atoms with Crippen LogP contribution in [-0.4, -0.2) is 14.6 Å². The van der Waals surface area contributed by atoms with Gasteiger partial charge in [0, 0.05) is 0 Å². The van der Waals surface area contributed by atoms with Crippen LogP contribution in [0.1, 0.15) is 38.8 Å². The monoisotopic (exact) mass is 352 g/mol. The number of hydrogen-bond acceptors (Lipinski definition) is 3. The number of hydrogen-bond donors (Lipinski definition) is 1. The summed E-state index contributed by atoms with van der Waals surface area (Å²) in [6.45, 7) is 9.87. The van der Waals surface area contributed by atoms with Crippen molar-refractivity contribution in [3.63, 3.8) is 0 Å². The third-order valence-corrected chi connectivity index (χ3v) is 3.80. The van der Waals surface area contributed by atoms with Crippen LogP contribution in [0.15, 0.2) is 58.5 Å². The van der Waals surface area contributed by atoms with Crippen molar-refractivity contribution in [2.24, 2.45) is 5.10 Å². The number of benzene rings is 2. The molecule has 0 spiro atoms. The van der Waals surface area contributed by atoms with Gasteiger partial charge in [0.1, 0.15) is 5.82 Å². The smallest absolute Gasteiger partial charge is 0.207 e. The molecule has 0 aliphatic heterocycles. The van der Waals surface area contributed by atoms with Crippen LogP contribution < -0.4 is 4.83 Å². The highest BCUT2D eigenvalue weighted by Crippen LogP contribution is 2.09. The standard InChI is InChI=1S/C14H13FN2O2S.2C2H6/c1-11-5-7-14(8-6-11)20(18,19)17-16-10-12-3-2-4-13(15)9-12;2*1-2/h2-10,17H,1H3;2*1-2H3/b16-10+;;. The summed E-state index contributed by atoms with van der Waals surface area (Å²) in [7, 11) is -3.70. The fraction of sp³-hybridized carbons (Fsp3) is 0.278. The molecule has 132 valence electrons. The Morgan fingerprint density at radius 1 is 1.00 bits per heavy atom. The molecule has 1 N–H and O–H groups in total. The Hall–Kier alpha value is -2.21. The van der Waals surface area contributed by atoms with Crippen LogP contribution in [0.2, 0.25) is 0 Å². The van der Waals surface area contributed by atoms with Crippen LogP contribution in [0.4, 0.5) is 4.39 Å². The lowest BCUT2D eigenvalue weighted by atomic mass is 10.2. The highest BCUT2D eigenvalue weighted by atomic mass is 32.2. The van der Waals surface area contributed by atoms with Crippen LogP contribution in [0.3, 0.4) is 0 Å². The lowest BCUT2D eigenvalue weighted by molar-refractivity contribution is 0.584. The zero-order valence-corrected chi connectivity index (χ0v) is 15.6. The van der Waals surface area contributed by atoms with E-state index in [1.165, 1.54) is 36.5 Å². The van der Waals surface area contributed by atoms with E-state index in [1.807, 2.05) is 34.6 Å². The lowest BCUT2D eigenvalue weighted by Crippen LogP contribution is -2.18. The molecule has 6 heteroatoms. The van der Waals surface area contributed by atoms with Gasteiger partial charge >= 0.3 is 0 Å². The molecule has 2 aromatic carbocycles. The van der Waals surface area contributed by atoms with Gasteiger partial charge < -0.3 is 0 Å². The summed E-state index contributed by atoms with van der Waals surface area (Å²) in [4.78, 5) is 2.21. The molecule has 0 atom stereocenters. The van der Waals surface area contributed by atoms with Gasteiger partial charge in [0.25, 0.3) is 10.0 Å². The van der Waals surface area contributed by atoms with Crippen molar-refractivity contribution in [3.8, 4) is 0 Å². The summed E-state index contributed by atoms with van der Waals surface area (Å²) in [6.07, 6.45) is 1.24. The van der Waals surface area contributed by atoms with E-state index in [2.05, 4.69) is 9.93 Å². The van der Waals surface area contributed by atoms with E-state index in [0.717, 1.165) is 5.56 Å². The number of hydrazone groups is 1. The average molecular weight is 352 g/mol. The van der Waals surface area contributed by atoms with Gasteiger partial charge in [-0.15, -0.1) is 0 Å². The average Bonchev–Trinajstić information content (AvgIpc) is 2.59. The molecule has 0 unspecified atom stereocenters. The summed E-state index contributed by atoms with van der Waals surface area (Å²) in [5, 5.41) is 3.62. The Balaban J connectivity index is 0.00000123. The van der Waals surface area contributed by atoms with Gasteiger partial charge in [0.05, 0.1) is 11.1 Å². The quantitative estimate of drug-likeness (QED) is 0.650. The van der Waals surface area contributed by atoms with Crippen LogP contribution in [0, 0.1) is 12.7 Å². The first kappa shape index (κ1) is 21.8. The van der Waals surface area contributed by atoms with E-state index in [9.17, 15) is 12.8 Å². The van der Waals surface area contributed by atoms with E-state index in [4.69, 9.17) is 0 Å². The largest absolute Gasteiger partial charge is 0.276 e. The maximum Gasteiger partial charge on any atom is 0.276 e. The zero-order chi connectivity index (χ0) is 18.6. The van der Waals surface area contributed by atoms with Gasteiger partial charge in [-0.05, 0) is 36.8 Å². The number of nitrogens with one attached hydrogen (secondary N) is 1. The van der Waals surface area contributed by atoms with E-state index in [1.54, 1.807) is 18.2 Å². The predicted octanol–water partition coefficient (Wildman–Crippen LogP) is 4.50. The molecule has 0 aliphatic carbocycles. The second-order valence-corrected chi connectivity index (χ2v) is 5.88. The minimum absolute atomic E-state index is 0.125. The number of halogens is 1. The maximum atomic E-state index is 12.9. The van der Waals surface area contributed by atoms with Gasteiger partial charge in [-0.25, -0.2) is 9.22 Å². The van der Waals surface area contributed by atoms with Crippen molar-refractivity contribution in [1.29, 1.82) is 0 Å². The van der Waals surface area contributed by atoms with Gasteiger partial charge in [0.15, 0.2) is 0 Å². The Labute approximate surface area is 144 Å². The first-order valence-corrected chi connectivity index (χ1v) is 9.33. The fourth-order valence-corrected chi connectivity index (χ4v) is 2.32. The van der Waals surface area contributed by atoms with Crippen LogP contribution in [-0.2, 0) is 10.0 Å². The Kier molecular flexibility index (Phi) is 10.3. The number of sulfonamides is 1. The molecule has 0 amide bonds. The minimum atomic E-state index is -3.70. The molecule has 4 nitrogen and oxygen atoms in total. The first-order valence-electron chi connectivity index (χ1n) is 7.84. The lowest BCUT2D eigenvalue weighted by Gasteiger charge is -2.03. The van der Waals surface area contributed by atoms with Crippen molar-refractivity contribution in [2.75, 3.05) is 0 Å². The minimum Gasteiger partial charge on any atom is -0.207 e. The normalized spacial score (nSPS) is 10.2. The Morgan fingerprint density at radius 3 is 2.12 bits per heavy atom. The molecule has 0 aliphatic rings. The molecule has 0 saturated heterocycles. The maximum absolute atomic E-state index is 12.9. The van der Waals surface area contributed by atoms with E-state index >= 15 is 0 Å². The number of nitrogens with zero attached hydrogens (tertiary/aromatic N) is 1. The summed E-state index contributed by atoms with van der Waals surface area (Å²) in [5.74, 6) is -0.407. The number of aryl methyl sites for hydroxylation is 1. The van der Waals surface area contributed by atoms with Gasteiger partial charge in [-0.2, -0.15) is 13.5 Å². The Bertz CT molecular complexity index is 727. The first-order chi connectivity index (χ1) is 11.5. The van der Waals surface area contributed by atoms with Crippen molar-refractivity contribution in [2.45, 2.75) is 39.5 Å². The van der Waals surface area contributed by atoms with E-state index in [0.29, 0.717) is 5.56 Å². The molecule has 0 radical (unpaired) electrons. The summed E-state index contributed by atoms with van der Waals surface area (Å²) >= 11 is 0. The molecular weight excluding hydrogens is 327 g/mol. The second-order valence-electron chi connectivity index (χ2n) is 4.22. The van der Waals surface area contributed by atoms with Crippen molar-refractivity contribution < 1.29 is 12.8 Å². The molecule has 0 bridgehead atoms. The zero-order valence-electron chi connectivity index (χ0n) is 14.7. The third-order valence-electron chi connectivity index (χ3n) is 2.57. The van der Waals surface area contributed by atoms with Crippen molar-refractivity contribution in [3.05, 3.63) is 65.5 Å². The van der Waals surface area contributed by atoms with Gasteiger partial charge in [-0.3, -0.25) is 0 Å². The Morgan fingerprint density at radius 2 is 1.58 bits per heavy atom. The van der Waals surface area contributed by atoms with Gasteiger partial charge in [-0.1, -0.05) is 57.5 Å². The summed E-state index contributed by atoms with van der Waals surface area (Å²) in [6, 6.07) is 12.1. The highest BCUT2D eigenvalue weighted by Gasteiger charge is 2.11. The molecule has 0 fully saturated rings. The van der Waals surface area contributed by atoms with Crippen LogP contribution in [0.5, 0.6) is 0 Å². The molecule has 2 rings (SSSR count). The number of rotatable bonds is 4. The summed E-state index contributed by atoms with van der Waals surface area (Å²) < 4.78 is 36.7. The molecular formula is C18H25FN2O2S. The van der Waals surface area contributed by atoms with Crippen LogP contribution in [0.25, 0.3) is 0 Å². The molecule has 2 aromatic rings. The molecule has 24 heavy (non-hydrogen) atoms. The van der Waals surface area contributed by atoms with E-state index in [-0.39, 0.29) is 4.90 Å². The topological polar surface area (TPSA) is 58.5 Å². The molecule has 0 aromatic heterocycles. The molecule has 0 heterocycles. The second kappa shape index (κ2) is 11.3. The van der Waals surface area contributed by atoms with Crippen molar-refractivity contribution >= 4 is 16.2 Å². The summed E-state index contributed by atoms with van der Waals surface area (Å²) in [5.41, 5.74) is 1.43. The fourth-order valence-electron chi connectivity index (χ4n) is 1.53. The van der Waals surface area contributed by atoms with Gasteiger partial charge in [0.2, 0.25) is 0 Å². The third kappa shape index (κ3) is 7.37. The highest BCUT2D eigenvalue weighted by molar-refractivity contribution is 7.89. The predicted molar refractivity (Wildman–Crippen MR) is 98.2 cm³/mol. The van der Waals surface area contributed by atoms with Crippen molar-refractivity contribution in [1.82, 2.24) is 4.83 Å². The molecule has 0 saturated carbocycles. The van der Waals surface area contributed by atoms with Crippen LogP contribution >= 0.6 is 0 Å². The SMILES string of the molecule is CC.CC.Cc1ccc(S(=O)(=O)N/N=C/c2cccc(F)c2)cc1. The van der Waals surface area contributed by atoms with E-state index < -0.39 is 15.8 Å².